The van der Waals surface area contributed by atoms with Gasteiger partial charge < -0.3 is 20.1 Å². The fraction of sp³-hybridized carbons (Fsp3) is 0.333. The molecule has 1 aromatic rings. The van der Waals surface area contributed by atoms with Gasteiger partial charge in [0.1, 0.15) is 6.10 Å². The van der Waals surface area contributed by atoms with Gasteiger partial charge in [0, 0.05) is 0 Å². The van der Waals surface area contributed by atoms with Gasteiger partial charge in [-0.1, -0.05) is 18.2 Å². The van der Waals surface area contributed by atoms with Crippen LogP contribution in [0.1, 0.15) is 28.9 Å². The zero-order valence-electron chi connectivity index (χ0n) is 9.74. The molecular weight excluding hydrogens is 240 g/mol. The number of carboxylic acid groups (broad SMARTS) is 1. The summed E-state index contributed by atoms with van der Waals surface area (Å²) in [5.74, 6) is -2.24. The van der Waals surface area contributed by atoms with Crippen molar-refractivity contribution in [1.82, 2.24) is 0 Å². The highest BCUT2D eigenvalue weighted by atomic mass is 16.5. The largest absolute Gasteiger partial charge is 0.478 e. The van der Waals surface area contributed by atoms with Crippen LogP contribution in [0.4, 0.5) is 0 Å². The maximum atomic E-state index is 11.3. The summed E-state index contributed by atoms with van der Waals surface area (Å²) in [6.07, 6.45) is -3.46. The van der Waals surface area contributed by atoms with Crippen molar-refractivity contribution in [2.45, 2.75) is 19.1 Å². The number of aliphatic hydroxyl groups excluding tert-OH is 2. The fourth-order valence-corrected chi connectivity index (χ4v) is 1.48. The van der Waals surface area contributed by atoms with Gasteiger partial charge in [0.15, 0.2) is 6.10 Å². The number of benzene rings is 1. The first-order chi connectivity index (χ1) is 8.49. The average Bonchev–Trinajstić information content (AvgIpc) is 2.37. The minimum Gasteiger partial charge on any atom is -0.478 e. The second-order valence-electron chi connectivity index (χ2n) is 3.53. The van der Waals surface area contributed by atoms with Gasteiger partial charge in [-0.05, 0) is 18.6 Å². The Kier molecular flexibility index (Phi) is 4.82. The van der Waals surface area contributed by atoms with E-state index >= 15 is 0 Å². The summed E-state index contributed by atoms with van der Waals surface area (Å²) in [6, 6.07) is 5.59. The molecule has 0 saturated heterocycles. The van der Waals surface area contributed by atoms with Crippen LogP contribution in [0.5, 0.6) is 0 Å². The minimum atomic E-state index is -1.81. The van der Waals surface area contributed by atoms with Gasteiger partial charge >= 0.3 is 11.9 Å². The average molecular weight is 254 g/mol. The standard InChI is InChI=1S/C12H14O6/c1-2-18-12(17)10(14)9(13)7-5-3-4-6-8(7)11(15)16/h3-6,9-10,13-14H,2H2,1H3,(H,15,16). The number of hydrogen-bond donors (Lipinski definition) is 3. The van der Waals surface area contributed by atoms with E-state index in [1.54, 1.807) is 6.92 Å². The topological polar surface area (TPSA) is 104 Å². The van der Waals surface area contributed by atoms with Crippen molar-refractivity contribution in [3.8, 4) is 0 Å². The second kappa shape index (κ2) is 6.13. The van der Waals surface area contributed by atoms with Crippen LogP contribution in [-0.2, 0) is 9.53 Å². The summed E-state index contributed by atoms with van der Waals surface area (Å²) in [5.41, 5.74) is -0.209. The maximum Gasteiger partial charge on any atom is 0.338 e. The monoisotopic (exact) mass is 254 g/mol. The molecule has 2 atom stereocenters. The van der Waals surface area contributed by atoms with Crippen LogP contribution in [0.25, 0.3) is 0 Å². The predicted molar refractivity (Wildman–Crippen MR) is 61.0 cm³/mol. The molecule has 0 aliphatic rings. The highest BCUT2D eigenvalue weighted by Crippen LogP contribution is 2.22. The van der Waals surface area contributed by atoms with Gasteiger partial charge in [-0.2, -0.15) is 0 Å². The van der Waals surface area contributed by atoms with Crippen molar-refractivity contribution >= 4 is 11.9 Å². The summed E-state index contributed by atoms with van der Waals surface area (Å²) < 4.78 is 4.55. The van der Waals surface area contributed by atoms with Crippen molar-refractivity contribution < 1.29 is 29.6 Å². The number of carbonyl (C=O) groups is 2. The summed E-state index contributed by atoms with van der Waals surface area (Å²) >= 11 is 0. The van der Waals surface area contributed by atoms with Crippen LogP contribution >= 0.6 is 0 Å². The number of aliphatic hydroxyl groups is 2. The van der Waals surface area contributed by atoms with E-state index in [0.29, 0.717) is 0 Å². The van der Waals surface area contributed by atoms with E-state index in [1.165, 1.54) is 24.3 Å². The first-order valence-corrected chi connectivity index (χ1v) is 5.34. The lowest BCUT2D eigenvalue weighted by atomic mass is 9.98. The van der Waals surface area contributed by atoms with Crippen molar-refractivity contribution in [1.29, 1.82) is 0 Å². The summed E-state index contributed by atoms with van der Waals surface area (Å²) in [7, 11) is 0. The first-order valence-electron chi connectivity index (χ1n) is 5.34. The second-order valence-corrected chi connectivity index (χ2v) is 3.53. The maximum absolute atomic E-state index is 11.3. The molecule has 3 N–H and O–H groups in total. The Balaban J connectivity index is 2.99. The molecule has 0 spiro atoms. The minimum absolute atomic E-state index is 0.0365. The lowest BCUT2D eigenvalue weighted by Gasteiger charge is -2.18. The van der Waals surface area contributed by atoms with Crippen LogP contribution in [-0.4, -0.2) is 40.0 Å². The fourth-order valence-electron chi connectivity index (χ4n) is 1.48. The molecule has 0 bridgehead atoms. The SMILES string of the molecule is CCOC(=O)C(O)C(O)c1ccccc1C(=O)O. The Morgan fingerprint density at radius 2 is 1.89 bits per heavy atom. The van der Waals surface area contributed by atoms with E-state index in [9.17, 15) is 19.8 Å². The lowest BCUT2D eigenvalue weighted by Crippen LogP contribution is -2.30. The Morgan fingerprint density at radius 3 is 2.44 bits per heavy atom. The molecule has 0 fully saturated rings. The van der Waals surface area contributed by atoms with Crippen LogP contribution in [0.15, 0.2) is 24.3 Å². The summed E-state index contributed by atoms with van der Waals surface area (Å²) in [6.45, 7) is 1.62. The molecule has 18 heavy (non-hydrogen) atoms. The number of carboxylic acids is 1. The lowest BCUT2D eigenvalue weighted by molar-refractivity contribution is -0.159. The van der Waals surface area contributed by atoms with E-state index < -0.39 is 24.1 Å². The molecule has 0 aliphatic carbocycles. The number of ether oxygens (including phenoxy) is 1. The van der Waals surface area contributed by atoms with E-state index in [1.807, 2.05) is 0 Å². The molecule has 1 aromatic carbocycles. The third kappa shape index (κ3) is 3.06. The predicted octanol–water partition coefficient (Wildman–Crippen LogP) is 0.342. The number of hydrogen-bond acceptors (Lipinski definition) is 5. The third-order valence-corrected chi connectivity index (χ3v) is 2.34. The molecule has 6 nitrogen and oxygen atoms in total. The zero-order chi connectivity index (χ0) is 13.7. The molecule has 0 heterocycles. The quantitative estimate of drug-likeness (QED) is 0.655. The van der Waals surface area contributed by atoms with Gasteiger partial charge in [-0.25, -0.2) is 9.59 Å². The van der Waals surface area contributed by atoms with Crippen molar-refractivity contribution in [2.24, 2.45) is 0 Å². The summed E-state index contributed by atoms with van der Waals surface area (Å²) in [4.78, 5) is 22.2. The van der Waals surface area contributed by atoms with Gasteiger partial charge in [0.2, 0.25) is 0 Å². The van der Waals surface area contributed by atoms with Gasteiger partial charge in [-0.3, -0.25) is 0 Å². The summed E-state index contributed by atoms with van der Waals surface area (Å²) in [5, 5.41) is 28.3. The smallest absolute Gasteiger partial charge is 0.338 e. The van der Waals surface area contributed by atoms with Crippen LogP contribution < -0.4 is 0 Å². The molecule has 0 radical (unpaired) electrons. The van der Waals surface area contributed by atoms with Crippen molar-refractivity contribution in [3.05, 3.63) is 35.4 Å². The van der Waals surface area contributed by atoms with Crippen LogP contribution in [0.3, 0.4) is 0 Å². The van der Waals surface area contributed by atoms with Gasteiger partial charge in [-0.15, -0.1) is 0 Å². The Labute approximate surface area is 103 Å². The number of esters is 1. The first kappa shape index (κ1) is 14.1. The molecule has 2 unspecified atom stereocenters. The van der Waals surface area contributed by atoms with Crippen LogP contribution in [0.2, 0.25) is 0 Å². The molecule has 1 rings (SSSR count). The van der Waals surface area contributed by atoms with Crippen LogP contribution in [0, 0.1) is 0 Å². The van der Waals surface area contributed by atoms with E-state index in [2.05, 4.69) is 4.74 Å². The normalized spacial score (nSPS) is 13.7. The molecule has 0 aromatic heterocycles. The molecule has 0 aliphatic heterocycles. The molecule has 6 heteroatoms. The van der Waals surface area contributed by atoms with E-state index in [-0.39, 0.29) is 17.7 Å². The number of rotatable bonds is 5. The highest BCUT2D eigenvalue weighted by Gasteiger charge is 2.29. The van der Waals surface area contributed by atoms with E-state index in [0.717, 1.165) is 0 Å². The Morgan fingerprint density at radius 1 is 1.28 bits per heavy atom. The third-order valence-electron chi connectivity index (χ3n) is 2.34. The number of carbonyl (C=O) groups excluding carboxylic acids is 1. The molecule has 0 saturated carbocycles. The number of aromatic carboxylic acids is 1. The molecule has 0 amide bonds. The van der Waals surface area contributed by atoms with E-state index in [4.69, 9.17) is 5.11 Å². The van der Waals surface area contributed by atoms with Crippen molar-refractivity contribution in [3.63, 3.8) is 0 Å². The highest BCUT2D eigenvalue weighted by molar-refractivity contribution is 5.90. The Hall–Kier alpha value is -1.92. The molecule has 98 valence electrons. The van der Waals surface area contributed by atoms with Gasteiger partial charge in [0.05, 0.1) is 12.2 Å². The Bertz CT molecular complexity index is 442. The molecular formula is C12H14O6. The van der Waals surface area contributed by atoms with Crippen molar-refractivity contribution in [2.75, 3.05) is 6.61 Å². The zero-order valence-corrected chi connectivity index (χ0v) is 9.74. The van der Waals surface area contributed by atoms with Gasteiger partial charge in [0.25, 0.3) is 0 Å².